The summed E-state index contributed by atoms with van der Waals surface area (Å²) in [5.74, 6) is -0.211. The number of amides is 1. The van der Waals surface area contributed by atoms with E-state index in [9.17, 15) is 9.90 Å². The smallest absolute Gasteiger partial charge is 0.284 e. The molecule has 0 saturated carbocycles. The molecule has 0 aliphatic carbocycles. The number of aliphatic hydroxyl groups is 1. The first-order chi connectivity index (χ1) is 6.98. The molecule has 0 spiro atoms. The Kier molecular flexibility index (Phi) is 2.66. The normalized spacial score (nSPS) is 25.9. The van der Waals surface area contributed by atoms with Crippen molar-refractivity contribution in [3.05, 3.63) is 9.47 Å². The van der Waals surface area contributed by atoms with Gasteiger partial charge in [-0.2, -0.15) is 0 Å². The van der Waals surface area contributed by atoms with E-state index in [1.807, 2.05) is 0 Å². The van der Waals surface area contributed by atoms with Gasteiger partial charge in [0.05, 0.1) is 5.60 Å². The van der Waals surface area contributed by atoms with Gasteiger partial charge in [-0.3, -0.25) is 4.79 Å². The lowest BCUT2D eigenvalue weighted by molar-refractivity contribution is 0.0571. The molecular weight excluding hydrogens is 238 g/mol. The van der Waals surface area contributed by atoms with E-state index in [2.05, 4.69) is 10.2 Å². The highest BCUT2D eigenvalue weighted by atomic mass is 35.5. The number of rotatable bonds is 1. The van der Waals surface area contributed by atoms with E-state index in [0.717, 1.165) is 11.3 Å². The highest BCUT2D eigenvalue weighted by molar-refractivity contribution is 7.17. The van der Waals surface area contributed by atoms with Crippen molar-refractivity contribution in [2.45, 2.75) is 18.9 Å². The molecule has 0 aromatic carbocycles. The van der Waals surface area contributed by atoms with Crippen molar-refractivity contribution in [3.8, 4) is 0 Å². The number of likely N-dealkylation sites (tertiary alicyclic amines) is 1. The molecule has 2 rings (SSSR count). The minimum absolute atomic E-state index is 0.211. The fourth-order valence-corrected chi connectivity index (χ4v) is 2.34. The van der Waals surface area contributed by atoms with Crippen LogP contribution in [-0.4, -0.2) is 44.8 Å². The molecule has 1 aliphatic rings. The van der Waals surface area contributed by atoms with Crippen LogP contribution in [0.1, 0.15) is 23.1 Å². The Bertz CT molecular complexity index is 393. The molecule has 15 heavy (non-hydrogen) atoms. The van der Waals surface area contributed by atoms with Crippen molar-refractivity contribution in [2.24, 2.45) is 0 Å². The standard InChI is InChI=1S/C8H10ClN3O2S/c1-8(14)2-3-12(4-8)6(13)5-10-11-7(9)15-5/h14H,2-4H2,1H3. The van der Waals surface area contributed by atoms with Crippen molar-refractivity contribution in [1.82, 2.24) is 15.1 Å². The summed E-state index contributed by atoms with van der Waals surface area (Å²) in [7, 11) is 0. The fraction of sp³-hybridized carbons (Fsp3) is 0.625. The number of aromatic nitrogens is 2. The molecule has 7 heteroatoms. The van der Waals surface area contributed by atoms with Gasteiger partial charge in [0.15, 0.2) is 0 Å². The zero-order chi connectivity index (χ0) is 11.1. The Morgan fingerprint density at radius 2 is 2.40 bits per heavy atom. The Morgan fingerprint density at radius 1 is 1.67 bits per heavy atom. The maximum atomic E-state index is 11.8. The lowest BCUT2D eigenvalue weighted by Crippen LogP contribution is -2.33. The molecule has 1 atom stereocenters. The number of nitrogens with zero attached hydrogens (tertiary/aromatic N) is 3. The highest BCUT2D eigenvalue weighted by Gasteiger charge is 2.35. The summed E-state index contributed by atoms with van der Waals surface area (Å²) in [6.45, 7) is 2.60. The van der Waals surface area contributed by atoms with Gasteiger partial charge < -0.3 is 10.0 Å². The minimum Gasteiger partial charge on any atom is -0.388 e. The molecule has 1 aromatic rings. The highest BCUT2D eigenvalue weighted by Crippen LogP contribution is 2.23. The number of carbonyl (C=O) groups excluding carboxylic acids is 1. The molecule has 1 amide bonds. The van der Waals surface area contributed by atoms with Crippen LogP contribution in [-0.2, 0) is 0 Å². The summed E-state index contributed by atoms with van der Waals surface area (Å²) in [5, 5.41) is 17.2. The molecular formula is C8H10ClN3O2S. The molecule has 5 nitrogen and oxygen atoms in total. The molecule has 2 heterocycles. The van der Waals surface area contributed by atoms with Gasteiger partial charge in [0.1, 0.15) is 0 Å². The van der Waals surface area contributed by atoms with Gasteiger partial charge in [-0.15, -0.1) is 10.2 Å². The van der Waals surface area contributed by atoms with Crippen molar-refractivity contribution in [1.29, 1.82) is 0 Å². The monoisotopic (exact) mass is 247 g/mol. The number of halogens is 1. The molecule has 1 unspecified atom stereocenters. The largest absolute Gasteiger partial charge is 0.388 e. The quantitative estimate of drug-likeness (QED) is 0.797. The van der Waals surface area contributed by atoms with Gasteiger partial charge in [0.25, 0.3) is 5.91 Å². The second kappa shape index (κ2) is 3.70. The van der Waals surface area contributed by atoms with E-state index in [0.29, 0.717) is 19.5 Å². The topological polar surface area (TPSA) is 66.3 Å². The fourth-order valence-electron chi connectivity index (χ4n) is 1.55. The Balaban J connectivity index is 2.10. The van der Waals surface area contributed by atoms with Crippen LogP contribution in [0.4, 0.5) is 0 Å². The molecule has 0 bridgehead atoms. The zero-order valence-corrected chi connectivity index (χ0v) is 9.68. The summed E-state index contributed by atoms with van der Waals surface area (Å²) in [6.07, 6.45) is 0.589. The lowest BCUT2D eigenvalue weighted by atomic mass is 10.1. The van der Waals surface area contributed by atoms with Crippen molar-refractivity contribution < 1.29 is 9.90 Å². The summed E-state index contributed by atoms with van der Waals surface area (Å²) in [4.78, 5) is 13.4. The molecule has 1 N–H and O–H groups in total. The average molecular weight is 248 g/mol. The lowest BCUT2D eigenvalue weighted by Gasteiger charge is -2.17. The first-order valence-electron chi connectivity index (χ1n) is 4.49. The molecule has 1 aromatic heterocycles. The molecule has 1 saturated heterocycles. The SMILES string of the molecule is CC1(O)CCN(C(=O)c2nnc(Cl)s2)C1. The Morgan fingerprint density at radius 3 is 2.87 bits per heavy atom. The Labute approximate surface area is 95.7 Å². The van der Waals surface area contributed by atoms with E-state index in [1.54, 1.807) is 11.8 Å². The van der Waals surface area contributed by atoms with Crippen LogP contribution in [0.3, 0.4) is 0 Å². The third kappa shape index (κ3) is 2.27. The third-order valence-corrected chi connectivity index (χ3v) is 3.33. The summed E-state index contributed by atoms with van der Waals surface area (Å²) in [6, 6.07) is 0. The van der Waals surface area contributed by atoms with Gasteiger partial charge in [0.2, 0.25) is 9.47 Å². The predicted molar refractivity (Wildman–Crippen MR) is 56.1 cm³/mol. The first kappa shape index (κ1) is 10.8. The molecule has 82 valence electrons. The van der Waals surface area contributed by atoms with Gasteiger partial charge in [-0.25, -0.2) is 0 Å². The van der Waals surface area contributed by atoms with Crippen molar-refractivity contribution in [3.63, 3.8) is 0 Å². The second-order valence-electron chi connectivity index (χ2n) is 3.83. The van der Waals surface area contributed by atoms with E-state index >= 15 is 0 Å². The van der Waals surface area contributed by atoms with E-state index < -0.39 is 5.60 Å². The third-order valence-electron chi connectivity index (χ3n) is 2.32. The van der Waals surface area contributed by atoms with Crippen LogP contribution in [0.15, 0.2) is 0 Å². The van der Waals surface area contributed by atoms with Crippen molar-refractivity contribution >= 4 is 28.8 Å². The summed E-state index contributed by atoms with van der Waals surface area (Å²) < 4.78 is 0.254. The number of hydrogen-bond acceptors (Lipinski definition) is 5. The number of carbonyl (C=O) groups is 1. The van der Waals surface area contributed by atoms with E-state index in [-0.39, 0.29) is 15.4 Å². The second-order valence-corrected chi connectivity index (χ2v) is 5.39. The van der Waals surface area contributed by atoms with Crippen LogP contribution in [0, 0.1) is 0 Å². The first-order valence-corrected chi connectivity index (χ1v) is 5.68. The van der Waals surface area contributed by atoms with Crippen LogP contribution in [0.2, 0.25) is 4.47 Å². The van der Waals surface area contributed by atoms with Gasteiger partial charge in [0, 0.05) is 13.1 Å². The molecule has 1 aliphatic heterocycles. The van der Waals surface area contributed by atoms with Crippen LogP contribution in [0.25, 0.3) is 0 Å². The summed E-state index contributed by atoms with van der Waals surface area (Å²) >= 11 is 6.65. The van der Waals surface area contributed by atoms with Crippen molar-refractivity contribution in [2.75, 3.05) is 13.1 Å². The maximum absolute atomic E-state index is 11.8. The number of β-amino-alcohol motifs (C(OH)–C–C–N with tert-alkyl or cyclic N) is 1. The van der Waals surface area contributed by atoms with Crippen LogP contribution >= 0.6 is 22.9 Å². The van der Waals surface area contributed by atoms with Gasteiger partial charge in [-0.1, -0.05) is 11.3 Å². The molecule has 0 radical (unpaired) electrons. The molecule has 1 fully saturated rings. The van der Waals surface area contributed by atoms with E-state index in [1.165, 1.54) is 0 Å². The summed E-state index contributed by atoms with van der Waals surface area (Å²) in [5.41, 5.74) is -0.788. The van der Waals surface area contributed by atoms with E-state index in [4.69, 9.17) is 11.6 Å². The number of hydrogen-bond donors (Lipinski definition) is 1. The zero-order valence-electron chi connectivity index (χ0n) is 8.10. The van der Waals surface area contributed by atoms with Gasteiger partial charge in [-0.05, 0) is 24.9 Å². The predicted octanol–water partition coefficient (Wildman–Crippen LogP) is 0.788. The van der Waals surface area contributed by atoms with Crippen LogP contribution < -0.4 is 0 Å². The van der Waals surface area contributed by atoms with Crippen LogP contribution in [0.5, 0.6) is 0 Å². The van der Waals surface area contributed by atoms with Gasteiger partial charge >= 0.3 is 0 Å². The average Bonchev–Trinajstić information content (AvgIpc) is 2.71. The Hall–Kier alpha value is -0.720. The minimum atomic E-state index is -0.788. The maximum Gasteiger partial charge on any atom is 0.284 e.